The first kappa shape index (κ1) is 83.5. The number of hydrogen-bond donors (Lipinski definition) is 6. The van der Waals surface area contributed by atoms with Gasteiger partial charge >= 0.3 is 0 Å². The van der Waals surface area contributed by atoms with Gasteiger partial charge in [-0.25, -0.2) is 0 Å². The molecule has 10 aromatic rings. The van der Waals surface area contributed by atoms with E-state index in [2.05, 4.69) is 326 Å². The summed E-state index contributed by atoms with van der Waals surface area (Å²) < 4.78 is 14.6. The van der Waals surface area contributed by atoms with Crippen LogP contribution in [0, 0.1) is 13.8 Å². The molecule has 0 saturated carbocycles. The summed E-state index contributed by atoms with van der Waals surface area (Å²) in [5.74, 6) is 2.09. The van der Waals surface area contributed by atoms with Gasteiger partial charge in [0.05, 0.1) is 0 Å². The fourth-order valence-electron chi connectivity index (χ4n) is 15.4. The maximum absolute atomic E-state index is 13.4. The van der Waals surface area contributed by atoms with Crippen molar-refractivity contribution in [3.63, 3.8) is 0 Å². The van der Waals surface area contributed by atoms with Crippen molar-refractivity contribution in [2.45, 2.75) is 288 Å². The average molecular weight is 1510 g/mol. The maximum Gasteiger partial charge on any atom is 0.126 e. The molecule has 0 atom stereocenters. The summed E-state index contributed by atoms with van der Waals surface area (Å²) in [6, 6.07) is 51.1. The molecule has 8 nitrogen and oxygen atoms in total. The zero-order chi connectivity index (χ0) is 82.2. The van der Waals surface area contributed by atoms with Crippen molar-refractivity contribution in [3.8, 4) is 46.0 Å². The number of aromatic hydroxyl groups is 6. The predicted octanol–water partition coefficient (Wildman–Crippen LogP) is 25.1. The van der Waals surface area contributed by atoms with Gasteiger partial charge < -0.3 is 40.1 Å². The lowest BCUT2D eigenvalue weighted by molar-refractivity contribution is 0.300. The molecule has 112 heavy (non-hydrogen) atoms. The molecule has 8 heteroatoms. The Morgan fingerprint density at radius 2 is 0.330 bits per heavy atom. The monoisotopic (exact) mass is 1500 g/mol. The molecule has 0 amide bonds. The van der Waals surface area contributed by atoms with Gasteiger partial charge in [-0.3, -0.25) is 0 Å². The summed E-state index contributed by atoms with van der Waals surface area (Å²) in [5, 5.41) is 79.4. The van der Waals surface area contributed by atoms with E-state index in [9.17, 15) is 30.6 Å². The van der Waals surface area contributed by atoms with E-state index < -0.39 is 0 Å². The van der Waals surface area contributed by atoms with Crippen molar-refractivity contribution in [3.05, 3.63) is 301 Å². The molecule has 0 spiro atoms. The number of hydrogen-bond acceptors (Lipinski definition) is 8. The number of rotatable bonds is 6. The highest BCUT2D eigenvalue weighted by atomic mass is 16.5. The molecular formula is C104H128O8. The van der Waals surface area contributed by atoms with Crippen LogP contribution in [-0.2, 0) is 108 Å². The summed E-state index contributed by atoms with van der Waals surface area (Å²) in [7, 11) is 0. The van der Waals surface area contributed by atoms with E-state index in [1.807, 2.05) is 0 Å². The number of aryl methyl sites for hydroxylation is 2. The number of phenols is 6. The van der Waals surface area contributed by atoms with Crippen molar-refractivity contribution in [1.82, 2.24) is 0 Å². The van der Waals surface area contributed by atoms with Crippen LogP contribution in [0.15, 0.2) is 146 Å². The van der Waals surface area contributed by atoms with Crippen molar-refractivity contribution in [1.29, 1.82) is 0 Å². The van der Waals surface area contributed by atoms with Gasteiger partial charge in [0.2, 0.25) is 0 Å². The van der Waals surface area contributed by atoms with Crippen molar-refractivity contribution in [2.75, 3.05) is 0 Å². The molecule has 10 aromatic carbocycles. The summed E-state index contributed by atoms with van der Waals surface area (Å²) in [5.41, 5.74) is 21.4. The summed E-state index contributed by atoms with van der Waals surface area (Å²) in [6.45, 7) is 57.4. The van der Waals surface area contributed by atoms with Crippen LogP contribution in [-0.4, -0.2) is 30.6 Å². The predicted molar refractivity (Wildman–Crippen MR) is 465 cm³/mol. The third-order valence-electron chi connectivity index (χ3n) is 23.1. The Morgan fingerprint density at radius 3 is 0.464 bits per heavy atom. The van der Waals surface area contributed by atoms with Gasteiger partial charge in [0.1, 0.15) is 59.2 Å². The Labute approximate surface area is 671 Å². The highest BCUT2D eigenvalue weighted by Crippen LogP contribution is 2.48. The Hall–Kier alpha value is -9.40. The van der Waals surface area contributed by atoms with Gasteiger partial charge in [-0.15, -0.1) is 0 Å². The molecule has 16 bridgehead atoms. The van der Waals surface area contributed by atoms with Crippen LogP contribution < -0.4 is 9.47 Å². The lowest BCUT2D eigenvalue weighted by Crippen LogP contribution is -2.16. The second kappa shape index (κ2) is 30.8. The van der Waals surface area contributed by atoms with Crippen molar-refractivity contribution in [2.24, 2.45) is 0 Å². The highest BCUT2D eigenvalue weighted by Gasteiger charge is 2.33. The number of ether oxygens (including phenoxy) is 2. The second-order valence-corrected chi connectivity index (χ2v) is 41.1. The Kier molecular flexibility index (Phi) is 23.0. The minimum Gasteiger partial charge on any atom is -0.507 e. The molecule has 0 saturated heterocycles. The first-order valence-corrected chi connectivity index (χ1v) is 40.6. The summed E-state index contributed by atoms with van der Waals surface area (Å²) >= 11 is 0. The van der Waals surface area contributed by atoms with Crippen LogP contribution in [0.3, 0.4) is 0 Å². The third-order valence-corrected chi connectivity index (χ3v) is 23.1. The van der Waals surface area contributed by atoms with E-state index in [1.165, 1.54) is 0 Å². The van der Waals surface area contributed by atoms with Crippen LogP contribution in [0.2, 0.25) is 0 Å². The zero-order valence-electron chi connectivity index (χ0n) is 72.4. The molecule has 0 heterocycles. The molecule has 1 aliphatic rings. The molecule has 11 rings (SSSR count). The number of fused-ring (bicyclic) bond motifs is 16. The van der Waals surface area contributed by atoms with Crippen LogP contribution in [0.4, 0.5) is 0 Å². The van der Waals surface area contributed by atoms with E-state index >= 15 is 0 Å². The lowest BCUT2D eigenvalue weighted by Gasteiger charge is -2.27. The quantitative estimate of drug-likeness (QED) is 0.0968. The van der Waals surface area contributed by atoms with Crippen molar-refractivity contribution >= 4 is 0 Å². The largest absolute Gasteiger partial charge is 0.507 e. The Morgan fingerprint density at radius 1 is 0.205 bits per heavy atom. The summed E-state index contributed by atoms with van der Waals surface area (Å²) in [4.78, 5) is 0. The molecule has 6 N–H and O–H groups in total. The minimum absolute atomic E-state index is 0.0973. The number of benzene rings is 10. The van der Waals surface area contributed by atoms with E-state index in [-0.39, 0.29) is 117 Å². The molecule has 0 fully saturated rings. The van der Waals surface area contributed by atoms with Gasteiger partial charge in [-0.2, -0.15) is 0 Å². The van der Waals surface area contributed by atoms with Crippen LogP contribution in [0.5, 0.6) is 46.0 Å². The smallest absolute Gasteiger partial charge is 0.126 e. The lowest BCUT2D eigenvalue weighted by atomic mass is 9.79. The number of phenolic OH excluding ortho intramolecular Hbond substituents is 6. The fraction of sp³-hybridized carbons (Fsp3) is 0.423. The normalized spacial score (nSPS) is 13.8. The Bertz CT molecular complexity index is 4850. The third kappa shape index (κ3) is 19.1. The van der Waals surface area contributed by atoms with Gasteiger partial charge in [-0.05, 0) is 202 Å². The second-order valence-electron chi connectivity index (χ2n) is 41.1. The van der Waals surface area contributed by atoms with E-state index in [0.29, 0.717) is 92.8 Å². The van der Waals surface area contributed by atoms with Crippen LogP contribution >= 0.6 is 0 Å². The SMILES string of the molecule is Cc1ccc(COc2c3cc(C(C)(C)C)cc2Cc2cc(C(C)(C)C)cc(c2O)Cc2cc(C(C)(C)C)cc(c2O)Cc2cc(C(C)(C)C)cc(c2OCc2ccc(C)cc2)Cc2cc(C(C)(C)C)cc(c2O)Cc2cc(C(C)(C)C)cc(c2O)Cc2cc(C(C)(C)C)cc(c2O)Cc2cc(C(C)(C)C)cc(c2O)C3)cc1. The average Bonchev–Trinajstić information content (AvgIpc) is 0.774. The van der Waals surface area contributed by atoms with E-state index in [1.54, 1.807) is 0 Å². The first-order valence-electron chi connectivity index (χ1n) is 40.6. The summed E-state index contributed by atoms with van der Waals surface area (Å²) in [6.07, 6.45) is 1.99. The topological polar surface area (TPSA) is 140 Å². The van der Waals surface area contributed by atoms with Gasteiger partial charge in [0, 0.05) is 51.4 Å². The van der Waals surface area contributed by atoms with Gasteiger partial charge in [-0.1, -0.05) is 323 Å². The standard InChI is InChI=1S/C104H128O8/c1-61-27-31-63(32-28-61)59-111-95-77-39-73-51-83(99(9,10)11)47-69(91(73)107)36-67-45-81(97(3,4)5)43-65(89(67)105)35-66-44-82(98(6,7)8)46-68(90(66)106)37-70-48-84(100(12,13)14)52-74(92(70)108)40-78-56-88(104(24,25)26)58-80(96(78)112-60-64-33-29-62(2)30-34-64)42-76-54-86(102(18,19)20)50-72(94(76)110)38-71-49-85(101(15,16)17)53-75(93(71)109)41-79(95)57-87(55-77)103(21,22)23/h27-34,43-58,105-110H,35-42,59-60H2,1-26H3. The van der Waals surface area contributed by atoms with Gasteiger partial charge in [0.15, 0.2) is 0 Å². The molecule has 0 unspecified atom stereocenters. The molecular weight excluding hydrogens is 1380 g/mol. The molecule has 0 aromatic heterocycles. The van der Waals surface area contributed by atoms with Gasteiger partial charge in [0.25, 0.3) is 0 Å². The minimum atomic E-state index is -0.369. The zero-order valence-corrected chi connectivity index (χ0v) is 72.4. The molecule has 0 aliphatic heterocycles. The van der Waals surface area contributed by atoms with Crippen LogP contribution in [0.1, 0.15) is 322 Å². The molecule has 1 aliphatic carbocycles. The maximum atomic E-state index is 13.4. The fourth-order valence-corrected chi connectivity index (χ4v) is 15.4. The molecule has 0 radical (unpaired) electrons. The van der Waals surface area contributed by atoms with E-state index in [4.69, 9.17) is 9.47 Å². The molecule has 592 valence electrons. The van der Waals surface area contributed by atoms with Crippen molar-refractivity contribution < 1.29 is 40.1 Å². The van der Waals surface area contributed by atoms with E-state index in [0.717, 1.165) is 100 Å². The highest BCUT2D eigenvalue weighted by molar-refractivity contribution is 5.63. The Balaban J connectivity index is 1.22. The van der Waals surface area contributed by atoms with Crippen LogP contribution in [0.25, 0.3) is 0 Å². The first-order chi connectivity index (χ1) is 51.8.